The van der Waals surface area contributed by atoms with Crippen LogP contribution >= 0.6 is 27.3 Å². The van der Waals surface area contributed by atoms with E-state index in [1.54, 1.807) is 63.2 Å². The summed E-state index contributed by atoms with van der Waals surface area (Å²) in [5.41, 5.74) is 1.99. The van der Waals surface area contributed by atoms with Crippen molar-refractivity contribution in [1.82, 2.24) is 4.57 Å². The molecule has 0 N–H and O–H groups in total. The number of methoxy groups -OCH3 is 3. The van der Waals surface area contributed by atoms with Crippen molar-refractivity contribution in [2.75, 3.05) is 27.9 Å². The fourth-order valence-corrected chi connectivity index (χ4v) is 5.82. The molecule has 200 valence electrons. The highest BCUT2D eigenvalue weighted by Crippen LogP contribution is 2.38. The van der Waals surface area contributed by atoms with E-state index >= 15 is 0 Å². The maximum absolute atomic E-state index is 14.0. The predicted octanol–water partition coefficient (Wildman–Crippen LogP) is 4.37. The molecule has 1 atom stereocenters. The molecule has 1 aliphatic heterocycles. The molecule has 1 aliphatic rings. The summed E-state index contributed by atoms with van der Waals surface area (Å²) < 4.78 is 24.8. The monoisotopic (exact) mass is 600 g/mol. The summed E-state index contributed by atoms with van der Waals surface area (Å²) in [6.45, 7) is 3.97. The van der Waals surface area contributed by atoms with Crippen LogP contribution in [0.1, 0.15) is 43.9 Å². The zero-order valence-electron chi connectivity index (χ0n) is 21.9. The van der Waals surface area contributed by atoms with Gasteiger partial charge in [0, 0.05) is 15.6 Å². The lowest BCUT2D eigenvalue weighted by Gasteiger charge is -2.27. The Kier molecular flexibility index (Phi) is 8.73. The topological polar surface area (TPSA) is 88.4 Å². The van der Waals surface area contributed by atoms with Crippen LogP contribution in [0, 0.1) is 0 Å². The van der Waals surface area contributed by atoms with Crippen LogP contribution in [0.5, 0.6) is 17.2 Å². The van der Waals surface area contributed by atoms with Gasteiger partial charge in [0.25, 0.3) is 5.56 Å². The van der Waals surface area contributed by atoms with E-state index in [0.717, 1.165) is 10.9 Å². The van der Waals surface area contributed by atoms with Gasteiger partial charge in [-0.2, -0.15) is 0 Å². The molecule has 0 spiro atoms. The standard InChI is InChI=1S/C28H29BrN2O6S/c1-6-8-20-24(27(33)37-7-2)25(19-15-17(29)9-11-22(19)36-5)31-26(32)23(38-28(31)30-20)14-16-13-18(34-3)10-12-21(16)35-4/h9-15,25H,6-8H2,1-5H3/b23-14+/t25-/m0/s1. The van der Waals surface area contributed by atoms with E-state index < -0.39 is 12.0 Å². The van der Waals surface area contributed by atoms with Gasteiger partial charge in [-0.15, -0.1) is 0 Å². The van der Waals surface area contributed by atoms with Crippen LogP contribution < -0.4 is 29.1 Å². The summed E-state index contributed by atoms with van der Waals surface area (Å²) in [5, 5.41) is 0. The molecule has 1 aromatic heterocycles. The first-order valence-corrected chi connectivity index (χ1v) is 13.7. The Morgan fingerprint density at radius 2 is 1.82 bits per heavy atom. The Morgan fingerprint density at radius 1 is 1.08 bits per heavy atom. The maximum atomic E-state index is 14.0. The number of fused-ring (bicyclic) bond motifs is 1. The van der Waals surface area contributed by atoms with E-state index in [-0.39, 0.29) is 12.2 Å². The van der Waals surface area contributed by atoms with Crippen LogP contribution in [0.4, 0.5) is 0 Å². The number of thiazole rings is 1. The fourth-order valence-electron chi connectivity index (χ4n) is 4.43. The Labute approximate surface area is 233 Å². The van der Waals surface area contributed by atoms with Crippen LogP contribution in [0.15, 0.2) is 61.9 Å². The minimum Gasteiger partial charge on any atom is -0.497 e. The highest BCUT2D eigenvalue weighted by Gasteiger charge is 2.36. The SMILES string of the molecule is CCCC1=C(C(=O)OCC)[C@H](c2cc(Br)ccc2OC)n2c(s/c(=C/c3cc(OC)ccc3OC)c2=O)=N1. The molecule has 8 nitrogen and oxygen atoms in total. The predicted molar refractivity (Wildman–Crippen MR) is 150 cm³/mol. The van der Waals surface area contributed by atoms with E-state index in [0.29, 0.717) is 55.4 Å². The fraction of sp³-hybridized carbons (Fsp3) is 0.321. The van der Waals surface area contributed by atoms with Crippen molar-refractivity contribution >= 4 is 39.3 Å². The van der Waals surface area contributed by atoms with Crippen molar-refractivity contribution in [2.45, 2.75) is 32.7 Å². The minimum absolute atomic E-state index is 0.199. The Morgan fingerprint density at radius 3 is 2.47 bits per heavy atom. The number of esters is 1. The zero-order chi connectivity index (χ0) is 27.4. The van der Waals surface area contributed by atoms with Crippen molar-refractivity contribution in [3.8, 4) is 17.2 Å². The number of hydrogen-bond acceptors (Lipinski definition) is 8. The lowest BCUT2D eigenvalue weighted by atomic mass is 9.93. The molecule has 10 heteroatoms. The van der Waals surface area contributed by atoms with Crippen molar-refractivity contribution in [1.29, 1.82) is 0 Å². The van der Waals surface area contributed by atoms with Gasteiger partial charge in [-0.05, 0) is 55.8 Å². The van der Waals surface area contributed by atoms with Gasteiger partial charge in [0.2, 0.25) is 0 Å². The summed E-state index contributed by atoms with van der Waals surface area (Å²) >= 11 is 4.79. The van der Waals surface area contributed by atoms with Gasteiger partial charge in [0.15, 0.2) is 4.80 Å². The number of nitrogens with zero attached hydrogens (tertiary/aromatic N) is 2. The number of hydrogen-bond donors (Lipinski definition) is 0. The molecule has 0 saturated heterocycles. The quantitative estimate of drug-likeness (QED) is 0.339. The highest BCUT2D eigenvalue weighted by atomic mass is 79.9. The number of ether oxygens (including phenoxy) is 4. The molecule has 38 heavy (non-hydrogen) atoms. The molecular formula is C28H29BrN2O6S. The molecule has 2 aromatic carbocycles. The molecule has 0 fully saturated rings. The second-order valence-corrected chi connectivity index (χ2v) is 10.3. The zero-order valence-corrected chi connectivity index (χ0v) is 24.3. The average molecular weight is 602 g/mol. The molecule has 0 saturated carbocycles. The second kappa shape index (κ2) is 12.0. The van der Waals surface area contributed by atoms with Gasteiger partial charge in [-0.3, -0.25) is 9.36 Å². The summed E-state index contributed by atoms with van der Waals surface area (Å²) in [5.74, 6) is 1.27. The number of carbonyl (C=O) groups excluding carboxylic acids is 1. The molecule has 3 aromatic rings. The van der Waals surface area contributed by atoms with E-state index in [1.807, 2.05) is 19.1 Å². The number of carbonyl (C=O) groups is 1. The largest absolute Gasteiger partial charge is 0.497 e. The Balaban J connectivity index is 2.06. The molecule has 0 amide bonds. The van der Waals surface area contributed by atoms with Crippen molar-refractivity contribution in [2.24, 2.45) is 4.99 Å². The molecule has 0 unspecified atom stereocenters. The summed E-state index contributed by atoms with van der Waals surface area (Å²) in [4.78, 5) is 32.7. The summed E-state index contributed by atoms with van der Waals surface area (Å²) in [6, 6.07) is 10.1. The van der Waals surface area contributed by atoms with Crippen LogP contribution in [0.2, 0.25) is 0 Å². The molecule has 4 rings (SSSR count). The average Bonchev–Trinajstić information content (AvgIpc) is 3.22. The third-order valence-corrected chi connectivity index (χ3v) is 7.58. The van der Waals surface area contributed by atoms with Gasteiger partial charge >= 0.3 is 5.97 Å². The Hall–Kier alpha value is -3.37. The van der Waals surface area contributed by atoms with Gasteiger partial charge in [0.1, 0.15) is 23.3 Å². The van der Waals surface area contributed by atoms with Crippen LogP contribution in [0.3, 0.4) is 0 Å². The maximum Gasteiger partial charge on any atom is 0.338 e. The number of allylic oxidation sites excluding steroid dienone is 1. The molecule has 2 heterocycles. The first kappa shape index (κ1) is 27.7. The first-order valence-electron chi connectivity index (χ1n) is 12.1. The number of rotatable bonds is 9. The van der Waals surface area contributed by atoms with E-state index in [2.05, 4.69) is 15.9 Å². The summed E-state index contributed by atoms with van der Waals surface area (Å²) in [7, 11) is 4.71. The van der Waals surface area contributed by atoms with Crippen LogP contribution in [0.25, 0.3) is 6.08 Å². The Bertz CT molecular complexity index is 1570. The lowest BCUT2D eigenvalue weighted by Crippen LogP contribution is -2.40. The van der Waals surface area contributed by atoms with Gasteiger partial charge < -0.3 is 18.9 Å². The van der Waals surface area contributed by atoms with Gasteiger partial charge in [-0.1, -0.05) is 40.6 Å². The van der Waals surface area contributed by atoms with Gasteiger partial charge in [0.05, 0.1) is 43.7 Å². The lowest BCUT2D eigenvalue weighted by molar-refractivity contribution is -0.139. The van der Waals surface area contributed by atoms with Crippen LogP contribution in [-0.4, -0.2) is 38.5 Å². The van der Waals surface area contributed by atoms with Crippen molar-refractivity contribution in [3.05, 3.63) is 83.0 Å². The molecule has 0 radical (unpaired) electrons. The third-order valence-electron chi connectivity index (χ3n) is 6.10. The summed E-state index contributed by atoms with van der Waals surface area (Å²) in [6.07, 6.45) is 3.07. The van der Waals surface area contributed by atoms with E-state index in [4.69, 9.17) is 23.9 Å². The molecule has 0 bridgehead atoms. The highest BCUT2D eigenvalue weighted by molar-refractivity contribution is 9.10. The van der Waals surface area contributed by atoms with Crippen molar-refractivity contribution < 1.29 is 23.7 Å². The van der Waals surface area contributed by atoms with E-state index in [9.17, 15) is 9.59 Å². The second-order valence-electron chi connectivity index (χ2n) is 8.41. The number of aromatic nitrogens is 1. The van der Waals surface area contributed by atoms with E-state index in [1.165, 1.54) is 11.3 Å². The van der Waals surface area contributed by atoms with Crippen LogP contribution in [-0.2, 0) is 9.53 Å². The minimum atomic E-state index is -0.784. The number of halogens is 1. The van der Waals surface area contributed by atoms with Crippen molar-refractivity contribution in [3.63, 3.8) is 0 Å². The third kappa shape index (κ3) is 5.28. The van der Waals surface area contributed by atoms with Gasteiger partial charge in [-0.25, -0.2) is 9.79 Å². The smallest absolute Gasteiger partial charge is 0.338 e. The number of benzene rings is 2. The molecule has 0 aliphatic carbocycles. The first-order chi connectivity index (χ1) is 18.4. The molecular weight excluding hydrogens is 572 g/mol. The normalized spacial score (nSPS) is 15.1.